The Labute approximate surface area is 106 Å². The van der Waals surface area contributed by atoms with Crippen LogP contribution in [0.25, 0.3) is 10.9 Å². The van der Waals surface area contributed by atoms with Crippen LogP contribution in [0.15, 0.2) is 23.3 Å². The van der Waals surface area contributed by atoms with Crippen molar-refractivity contribution in [3.8, 4) is 5.88 Å². The lowest BCUT2D eigenvalue weighted by molar-refractivity contribution is 0.267. The molecule has 0 saturated heterocycles. The number of hydrogen-bond acceptors (Lipinski definition) is 3. The van der Waals surface area contributed by atoms with Gasteiger partial charge in [-0.2, -0.15) is 5.11 Å². The molecule has 2 N–H and O–H groups in total. The second kappa shape index (κ2) is 3.34. The molecule has 4 nitrogen and oxygen atoms in total. The van der Waals surface area contributed by atoms with Gasteiger partial charge in [-0.1, -0.05) is 25.1 Å². The Hall–Kier alpha value is -1.84. The van der Waals surface area contributed by atoms with E-state index in [2.05, 4.69) is 32.0 Å². The van der Waals surface area contributed by atoms with Crippen LogP contribution in [0, 0.1) is 5.53 Å². The standard InChI is InChI=1S/C14H17N3O/c1-8-7-14(2,3)17-12-9(8)5-4-6-10(12)11(16-15)13(17)18/h4-6,8,15,18H,7H2,1-3H3/t8-/m0/s1. The normalized spacial score (nSPS) is 21.2. The average Bonchev–Trinajstić information content (AvgIpc) is 2.59. The lowest BCUT2D eigenvalue weighted by Gasteiger charge is -2.36. The van der Waals surface area contributed by atoms with Gasteiger partial charge in [0, 0.05) is 10.9 Å². The van der Waals surface area contributed by atoms with Crippen LogP contribution >= 0.6 is 0 Å². The molecule has 1 aromatic carbocycles. The first kappa shape index (κ1) is 11.3. The van der Waals surface area contributed by atoms with Crippen molar-refractivity contribution < 1.29 is 5.11 Å². The Morgan fingerprint density at radius 2 is 2.17 bits per heavy atom. The van der Waals surface area contributed by atoms with Gasteiger partial charge in [-0.05, 0) is 31.7 Å². The topological polar surface area (TPSA) is 61.4 Å². The van der Waals surface area contributed by atoms with Crippen LogP contribution in [-0.2, 0) is 5.54 Å². The Morgan fingerprint density at radius 3 is 2.83 bits per heavy atom. The Balaban J connectivity index is 2.55. The maximum Gasteiger partial charge on any atom is 0.221 e. The van der Waals surface area contributed by atoms with Crippen LogP contribution in [0.3, 0.4) is 0 Å². The minimum Gasteiger partial charge on any atom is -0.493 e. The van der Waals surface area contributed by atoms with E-state index in [1.165, 1.54) is 5.56 Å². The van der Waals surface area contributed by atoms with E-state index < -0.39 is 0 Å². The fraction of sp³-hybridized carbons (Fsp3) is 0.429. The quantitative estimate of drug-likeness (QED) is 0.722. The highest BCUT2D eigenvalue weighted by molar-refractivity contribution is 5.97. The SMILES string of the molecule is C[C@H]1CC(C)(C)n2c(O)c(N=N)c3cccc1c32. The molecule has 2 heterocycles. The van der Waals surface area contributed by atoms with Crippen molar-refractivity contribution in [1.29, 1.82) is 5.53 Å². The highest BCUT2D eigenvalue weighted by Crippen LogP contribution is 2.50. The van der Waals surface area contributed by atoms with Crippen LogP contribution in [0.5, 0.6) is 5.88 Å². The molecule has 4 heteroatoms. The number of nitrogens with zero attached hydrogens (tertiary/aromatic N) is 2. The van der Waals surface area contributed by atoms with Crippen molar-refractivity contribution in [3.63, 3.8) is 0 Å². The average molecular weight is 243 g/mol. The zero-order chi connectivity index (χ0) is 13.1. The van der Waals surface area contributed by atoms with Crippen LogP contribution in [-0.4, -0.2) is 9.67 Å². The minimum atomic E-state index is -0.154. The lowest BCUT2D eigenvalue weighted by atomic mass is 9.82. The Morgan fingerprint density at radius 1 is 1.44 bits per heavy atom. The Kier molecular flexibility index (Phi) is 2.09. The number of rotatable bonds is 1. The molecule has 0 aliphatic carbocycles. The van der Waals surface area contributed by atoms with Crippen molar-refractivity contribution in [2.75, 3.05) is 0 Å². The summed E-state index contributed by atoms with van der Waals surface area (Å²) >= 11 is 0. The molecule has 1 atom stereocenters. The van der Waals surface area contributed by atoms with Gasteiger partial charge in [0.25, 0.3) is 0 Å². The van der Waals surface area contributed by atoms with Gasteiger partial charge in [-0.3, -0.25) is 0 Å². The molecule has 2 aromatic rings. The lowest BCUT2D eigenvalue weighted by Crippen LogP contribution is -2.31. The summed E-state index contributed by atoms with van der Waals surface area (Å²) in [6.07, 6.45) is 0.971. The summed E-state index contributed by atoms with van der Waals surface area (Å²) in [7, 11) is 0. The summed E-state index contributed by atoms with van der Waals surface area (Å²) in [5, 5.41) is 14.7. The van der Waals surface area contributed by atoms with Gasteiger partial charge in [-0.25, -0.2) is 5.53 Å². The van der Waals surface area contributed by atoms with Crippen LogP contribution < -0.4 is 0 Å². The van der Waals surface area contributed by atoms with Gasteiger partial charge in [0.2, 0.25) is 5.88 Å². The molecule has 1 aliphatic rings. The Bertz CT molecular complexity index is 655. The minimum absolute atomic E-state index is 0.115. The molecule has 1 aromatic heterocycles. The van der Waals surface area contributed by atoms with Gasteiger partial charge in [-0.15, -0.1) is 0 Å². The summed E-state index contributed by atoms with van der Waals surface area (Å²) in [6, 6.07) is 6.01. The molecule has 94 valence electrons. The molecule has 3 rings (SSSR count). The first-order valence-corrected chi connectivity index (χ1v) is 6.21. The summed E-state index contributed by atoms with van der Waals surface area (Å²) < 4.78 is 1.94. The molecule has 18 heavy (non-hydrogen) atoms. The molecule has 0 unspecified atom stereocenters. The third-order valence-electron chi connectivity index (χ3n) is 4.02. The van der Waals surface area contributed by atoms with Crippen molar-refractivity contribution in [3.05, 3.63) is 23.8 Å². The molecule has 0 fully saturated rings. The van der Waals surface area contributed by atoms with E-state index in [-0.39, 0.29) is 11.4 Å². The van der Waals surface area contributed by atoms with Crippen molar-refractivity contribution in [2.24, 2.45) is 5.11 Å². The second-order valence-corrected chi connectivity index (χ2v) is 5.78. The first-order chi connectivity index (χ1) is 8.47. The zero-order valence-electron chi connectivity index (χ0n) is 10.9. The van der Waals surface area contributed by atoms with E-state index in [1.54, 1.807) is 0 Å². The third-order valence-corrected chi connectivity index (χ3v) is 4.02. The van der Waals surface area contributed by atoms with E-state index in [4.69, 9.17) is 5.53 Å². The van der Waals surface area contributed by atoms with Gasteiger partial charge in [0.05, 0.1) is 5.52 Å². The molecule has 0 saturated carbocycles. The van der Waals surface area contributed by atoms with Crippen LogP contribution in [0.1, 0.15) is 38.7 Å². The van der Waals surface area contributed by atoms with E-state index in [0.29, 0.717) is 11.6 Å². The fourth-order valence-electron chi connectivity index (χ4n) is 3.38. The second-order valence-electron chi connectivity index (χ2n) is 5.78. The predicted octanol–water partition coefficient (Wildman–Crippen LogP) is 4.25. The molecule has 0 amide bonds. The van der Waals surface area contributed by atoms with Crippen molar-refractivity contribution in [1.82, 2.24) is 4.57 Å². The van der Waals surface area contributed by atoms with Crippen molar-refractivity contribution in [2.45, 2.75) is 38.6 Å². The number of hydrogen-bond donors (Lipinski definition) is 2. The highest BCUT2D eigenvalue weighted by atomic mass is 16.3. The summed E-state index contributed by atoms with van der Waals surface area (Å²) in [5.74, 6) is 0.563. The third kappa shape index (κ3) is 1.20. The number of para-hydroxylation sites is 1. The van der Waals surface area contributed by atoms with Gasteiger partial charge in [0.15, 0.2) is 5.69 Å². The van der Waals surface area contributed by atoms with E-state index in [0.717, 1.165) is 17.3 Å². The van der Waals surface area contributed by atoms with Crippen LogP contribution in [0.2, 0.25) is 0 Å². The van der Waals surface area contributed by atoms with Gasteiger partial charge >= 0.3 is 0 Å². The van der Waals surface area contributed by atoms with E-state index in [9.17, 15) is 5.11 Å². The van der Waals surface area contributed by atoms with Gasteiger partial charge < -0.3 is 9.67 Å². The number of aromatic hydroxyl groups is 1. The molecule has 0 radical (unpaired) electrons. The van der Waals surface area contributed by atoms with Crippen molar-refractivity contribution >= 4 is 16.6 Å². The zero-order valence-corrected chi connectivity index (χ0v) is 10.9. The van der Waals surface area contributed by atoms with E-state index >= 15 is 0 Å². The molecular weight excluding hydrogens is 226 g/mol. The number of nitrogens with one attached hydrogen (secondary N) is 1. The predicted molar refractivity (Wildman–Crippen MR) is 70.8 cm³/mol. The fourth-order valence-corrected chi connectivity index (χ4v) is 3.38. The van der Waals surface area contributed by atoms with E-state index in [1.807, 2.05) is 16.7 Å². The molecule has 0 spiro atoms. The maximum atomic E-state index is 10.3. The highest BCUT2D eigenvalue weighted by Gasteiger charge is 2.36. The monoisotopic (exact) mass is 243 g/mol. The molecular formula is C14H17N3O. The molecule has 1 aliphatic heterocycles. The smallest absolute Gasteiger partial charge is 0.221 e. The summed E-state index contributed by atoms with van der Waals surface area (Å²) in [4.78, 5) is 0. The first-order valence-electron chi connectivity index (χ1n) is 6.21. The largest absolute Gasteiger partial charge is 0.493 e. The maximum absolute atomic E-state index is 10.3. The van der Waals surface area contributed by atoms with Crippen LogP contribution in [0.4, 0.5) is 5.69 Å². The summed E-state index contributed by atoms with van der Waals surface area (Å²) in [5.41, 5.74) is 9.77. The number of benzene rings is 1. The summed E-state index contributed by atoms with van der Waals surface area (Å²) in [6.45, 7) is 6.44. The number of aromatic nitrogens is 1. The van der Waals surface area contributed by atoms with Gasteiger partial charge in [0.1, 0.15) is 0 Å². The molecule has 0 bridgehead atoms.